The Morgan fingerprint density at radius 1 is 1.41 bits per heavy atom. The summed E-state index contributed by atoms with van der Waals surface area (Å²) in [4.78, 5) is 4.39. The zero-order chi connectivity index (χ0) is 12.1. The molecule has 1 saturated heterocycles. The molecule has 0 radical (unpaired) electrons. The van der Waals surface area contributed by atoms with Crippen LogP contribution in [0, 0.1) is 11.3 Å². The van der Waals surface area contributed by atoms with Crippen LogP contribution in [0.1, 0.15) is 6.42 Å². The fourth-order valence-corrected chi connectivity index (χ4v) is 1.78. The molecule has 0 saturated carbocycles. The van der Waals surface area contributed by atoms with E-state index >= 15 is 0 Å². The van der Waals surface area contributed by atoms with Crippen LogP contribution in [0.15, 0.2) is 29.3 Å². The summed E-state index contributed by atoms with van der Waals surface area (Å²) in [5.74, 6) is 0.960. The van der Waals surface area contributed by atoms with Crippen molar-refractivity contribution in [3.63, 3.8) is 0 Å². The fourth-order valence-electron chi connectivity index (χ4n) is 1.78. The molecule has 1 aromatic rings. The number of aliphatic imine (C=N–C) groups is 1. The Bertz CT molecular complexity index is 411. The van der Waals surface area contributed by atoms with E-state index in [2.05, 4.69) is 10.3 Å². The summed E-state index contributed by atoms with van der Waals surface area (Å²) in [6, 6.07) is 7.60. The first-order valence-corrected chi connectivity index (χ1v) is 5.76. The van der Waals surface area contributed by atoms with Crippen molar-refractivity contribution in [1.82, 2.24) is 5.32 Å². The normalized spacial score (nSPS) is 20.8. The molecular formula is C13H17N3O. The second-order valence-electron chi connectivity index (χ2n) is 4.06. The molecule has 4 heteroatoms. The molecule has 1 aliphatic heterocycles. The standard InChI is InChI=1S/C13H17N3O/c1-17-12-4-2-11(3-5-12)16-9-10-8-15-7-6-13(10)14/h2-5,9-10,14-15H,6-8H2,1H3. The van der Waals surface area contributed by atoms with Crippen molar-refractivity contribution in [1.29, 1.82) is 5.41 Å². The van der Waals surface area contributed by atoms with E-state index in [9.17, 15) is 0 Å². The SMILES string of the molecule is COc1ccc(N=CC2CNCCC2=N)cc1. The lowest BCUT2D eigenvalue weighted by atomic mass is 9.98. The minimum Gasteiger partial charge on any atom is -0.497 e. The summed E-state index contributed by atoms with van der Waals surface area (Å²) >= 11 is 0. The molecule has 17 heavy (non-hydrogen) atoms. The van der Waals surface area contributed by atoms with Gasteiger partial charge in [0.2, 0.25) is 0 Å². The van der Waals surface area contributed by atoms with Gasteiger partial charge in [-0.25, -0.2) is 0 Å². The molecule has 0 spiro atoms. The van der Waals surface area contributed by atoms with Crippen molar-refractivity contribution < 1.29 is 4.74 Å². The Balaban J connectivity index is 2.01. The van der Waals surface area contributed by atoms with Crippen molar-refractivity contribution in [2.24, 2.45) is 10.9 Å². The Morgan fingerprint density at radius 2 is 2.18 bits per heavy atom. The number of nitrogens with zero attached hydrogens (tertiary/aromatic N) is 1. The van der Waals surface area contributed by atoms with Crippen LogP contribution >= 0.6 is 0 Å². The van der Waals surface area contributed by atoms with Gasteiger partial charge in [-0.15, -0.1) is 0 Å². The molecule has 1 aliphatic rings. The van der Waals surface area contributed by atoms with Crippen LogP contribution in [0.3, 0.4) is 0 Å². The number of methoxy groups -OCH3 is 1. The van der Waals surface area contributed by atoms with Crippen LogP contribution in [0.25, 0.3) is 0 Å². The van der Waals surface area contributed by atoms with Crippen LogP contribution in [0.5, 0.6) is 5.75 Å². The van der Waals surface area contributed by atoms with Gasteiger partial charge >= 0.3 is 0 Å². The lowest BCUT2D eigenvalue weighted by molar-refractivity contribution is 0.415. The zero-order valence-corrected chi connectivity index (χ0v) is 9.94. The van der Waals surface area contributed by atoms with Crippen molar-refractivity contribution in [2.45, 2.75) is 6.42 Å². The van der Waals surface area contributed by atoms with Crippen molar-refractivity contribution in [3.8, 4) is 5.75 Å². The Morgan fingerprint density at radius 3 is 2.82 bits per heavy atom. The smallest absolute Gasteiger partial charge is 0.119 e. The lowest BCUT2D eigenvalue weighted by Crippen LogP contribution is -2.37. The predicted octanol–water partition coefficient (Wildman–Crippen LogP) is 2.03. The molecule has 1 fully saturated rings. The summed E-state index contributed by atoms with van der Waals surface area (Å²) in [5.41, 5.74) is 1.66. The largest absolute Gasteiger partial charge is 0.497 e. The van der Waals surface area contributed by atoms with Gasteiger partial charge in [0.25, 0.3) is 0 Å². The van der Waals surface area contributed by atoms with E-state index in [0.717, 1.165) is 36.7 Å². The van der Waals surface area contributed by atoms with E-state index in [1.54, 1.807) is 7.11 Å². The quantitative estimate of drug-likeness (QED) is 0.782. The van der Waals surface area contributed by atoms with Crippen LogP contribution in [-0.2, 0) is 0 Å². The average Bonchev–Trinajstić information content (AvgIpc) is 2.38. The molecule has 1 unspecified atom stereocenters. The van der Waals surface area contributed by atoms with E-state index in [-0.39, 0.29) is 5.92 Å². The van der Waals surface area contributed by atoms with Crippen molar-refractivity contribution in [3.05, 3.63) is 24.3 Å². The van der Waals surface area contributed by atoms with Gasteiger partial charge in [-0.05, 0) is 30.7 Å². The van der Waals surface area contributed by atoms with Gasteiger partial charge in [0.05, 0.1) is 12.8 Å². The lowest BCUT2D eigenvalue weighted by Gasteiger charge is -2.20. The zero-order valence-electron chi connectivity index (χ0n) is 9.94. The first kappa shape index (κ1) is 11.8. The van der Waals surface area contributed by atoms with Crippen molar-refractivity contribution in [2.75, 3.05) is 20.2 Å². The van der Waals surface area contributed by atoms with Crippen LogP contribution in [-0.4, -0.2) is 32.1 Å². The number of nitrogens with one attached hydrogen (secondary N) is 2. The number of rotatable bonds is 3. The van der Waals surface area contributed by atoms with Gasteiger partial charge in [0.1, 0.15) is 5.75 Å². The summed E-state index contributed by atoms with van der Waals surface area (Å²) in [5, 5.41) is 11.1. The van der Waals surface area contributed by atoms with Crippen LogP contribution in [0.2, 0.25) is 0 Å². The summed E-state index contributed by atoms with van der Waals surface area (Å²) < 4.78 is 5.08. The Hall–Kier alpha value is -1.68. The number of piperidine rings is 1. The highest BCUT2D eigenvalue weighted by Gasteiger charge is 2.15. The highest BCUT2D eigenvalue weighted by Crippen LogP contribution is 2.17. The van der Waals surface area contributed by atoms with Gasteiger partial charge < -0.3 is 15.5 Å². The van der Waals surface area contributed by atoms with Gasteiger partial charge in [-0.2, -0.15) is 0 Å². The minimum atomic E-state index is 0.130. The number of benzene rings is 1. The Kier molecular flexibility index (Phi) is 3.88. The van der Waals surface area contributed by atoms with Gasteiger partial charge in [-0.1, -0.05) is 0 Å². The van der Waals surface area contributed by atoms with E-state index in [1.807, 2.05) is 30.5 Å². The van der Waals surface area contributed by atoms with E-state index in [4.69, 9.17) is 10.1 Å². The maximum Gasteiger partial charge on any atom is 0.119 e. The number of hydrogen-bond acceptors (Lipinski definition) is 4. The molecule has 0 aromatic heterocycles. The van der Waals surface area contributed by atoms with E-state index < -0.39 is 0 Å². The second kappa shape index (κ2) is 5.59. The molecule has 1 heterocycles. The molecular weight excluding hydrogens is 214 g/mol. The first-order chi connectivity index (χ1) is 8.29. The summed E-state index contributed by atoms with van der Waals surface area (Å²) in [7, 11) is 1.65. The highest BCUT2D eigenvalue weighted by molar-refractivity contribution is 5.98. The molecule has 90 valence electrons. The molecule has 4 nitrogen and oxygen atoms in total. The average molecular weight is 231 g/mol. The third kappa shape index (κ3) is 3.14. The first-order valence-electron chi connectivity index (χ1n) is 5.76. The minimum absolute atomic E-state index is 0.130. The molecule has 0 aliphatic carbocycles. The molecule has 2 rings (SSSR count). The highest BCUT2D eigenvalue weighted by atomic mass is 16.5. The maximum absolute atomic E-state index is 7.82. The molecule has 2 N–H and O–H groups in total. The molecule has 0 amide bonds. The van der Waals surface area contributed by atoms with E-state index in [0.29, 0.717) is 0 Å². The Labute approximate surface area is 101 Å². The van der Waals surface area contributed by atoms with Gasteiger partial charge in [0, 0.05) is 30.9 Å². The maximum atomic E-state index is 7.82. The second-order valence-corrected chi connectivity index (χ2v) is 4.06. The van der Waals surface area contributed by atoms with Crippen LogP contribution < -0.4 is 10.1 Å². The fraction of sp³-hybridized carbons (Fsp3) is 0.385. The summed E-state index contributed by atoms with van der Waals surface area (Å²) in [6.45, 7) is 1.73. The number of hydrogen-bond donors (Lipinski definition) is 2. The molecule has 1 atom stereocenters. The third-order valence-corrected chi connectivity index (χ3v) is 2.86. The molecule has 0 bridgehead atoms. The van der Waals surface area contributed by atoms with Crippen LogP contribution in [0.4, 0.5) is 5.69 Å². The number of ether oxygens (including phenoxy) is 1. The van der Waals surface area contributed by atoms with Gasteiger partial charge in [-0.3, -0.25) is 4.99 Å². The topological polar surface area (TPSA) is 57.5 Å². The summed E-state index contributed by atoms with van der Waals surface area (Å²) in [6.07, 6.45) is 2.68. The molecule has 1 aromatic carbocycles. The monoisotopic (exact) mass is 231 g/mol. The van der Waals surface area contributed by atoms with Crippen molar-refractivity contribution >= 4 is 17.6 Å². The third-order valence-electron chi connectivity index (χ3n) is 2.86. The predicted molar refractivity (Wildman–Crippen MR) is 69.8 cm³/mol. The van der Waals surface area contributed by atoms with E-state index in [1.165, 1.54) is 0 Å². The van der Waals surface area contributed by atoms with Gasteiger partial charge in [0.15, 0.2) is 0 Å².